The minimum Gasteiger partial charge on any atom is -0.493 e. The van der Waals surface area contributed by atoms with E-state index in [4.69, 9.17) is 19.4 Å². The van der Waals surface area contributed by atoms with Crippen molar-refractivity contribution in [1.82, 2.24) is 19.9 Å². The average molecular weight is 719 g/mol. The third-order valence-electron chi connectivity index (χ3n) is 10.7. The van der Waals surface area contributed by atoms with Crippen LogP contribution < -0.4 is 9.47 Å². The van der Waals surface area contributed by atoms with E-state index in [0.29, 0.717) is 25.0 Å². The first kappa shape index (κ1) is 37.0. The number of rotatable bonds is 16. The Morgan fingerprint density at radius 2 is 0.981 bits per heavy atom. The molecular weight excluding hydrogens is 665 g/mol. The van der Waals surface area contributed by atoms with E-state index >= 15 is 0 Å². The topological polar surface area (TPSA) is 75.8 Å². The highest BCUT2D eigenvalue weighted by molar-refractivity contribution is 5.95. The van der Waals surface area contributed by atoms with E-state index in [-0.39, 0.29) is 0 Å². The zero-order valence-electron chi connectivity index (χ0n) is 32.3. The summed E-state index contributed by atoms with van der Waals surface area (Å²) in [6.07, 6.45) is 17.8. The molecule has 0 saturated heterocycles. The lowest BCUT2D eigenvalue weighted by molar-refractivity contribution is 0.234. The highest BCUT2D eigenvalue weighted by Gasteiger charge is 2.19. The summed E-state index contributed by atoms with van der Waals surface area (Å²) < 4.78 is 13.2. The number of hydrogen-bond acceptors (Lipinski definition) is 4. The Balaban J connectivity index is 1.36. The molecule has 2 unspecified atom stereocenters. The van der Waals surface area contributed by atoms with Gasteiger partial charge in [-0.05, 0) is 97.5 Å². The highest BCUT2D eigenvalue weighted by atomic mass is 16.5. The van der Waals surface area contributed by atoms with Crippen LogP contribution in [0.4, 0.5) is 0 Å². The van der Waals surface area contributed by atoms with Crippen LogP contribution >= 0.6 is 0 Å². The average Bonchev–Trinajstić information content (AvgIpc) is 4.04. The standard InChI is InChI=1S/C48H54N4O2/c1-5-9-15-33(7-3)31-53-45-19-13-11-17-39(45)47-41-25-21-35(49-41)29-37-23-27-43(51-37)48(44-28-24-38(52-44)30-36-22-26-42(47)50-36)40-18-12-14-20-46(40)54-32-34(8-4)16-10-6-2/h11-14,17-30,33-34,49,52H,5-10,15-16,31-32H2,1-4H3. The fourth-order valence-corrected chi connectivity index (χ4v) is 7.45. The number of para-hydroxylation sites is 2. The largest absolute Gasteiger partial charge is 0.493 e. The molecule has 0 aliphatic carbocycles. The Morgan fingerprint density at radius 1 is 0.537 bits per heavy atom. The number of aromatic amines is 2. The van der Waals surface area contributed by atoms with Crippen LogP contribution in [0.5, 0.6) is 11.5 Å². The minimum absolute atomic E-state index is 0.528. The molecule has 0 saturated carbocycles. The van der Waals surface area contributed by atoms with Gasteiger partial charge < -0.3 is 19.4 Å². The lowest BCUT2D eigenvalue weighted by Gasteiger charge is -2.18. The van der Waals surface area contributed by atoms with E-state index < -0.39 is 0 Å². The number of H-pyrrole nitrogens is 2. The molecular formula is C48H54N4O2. The summed E-state index contributed by atoms with van der Waals surface area (Å²) in [5.41, 5.74) is 11.5. The van der Waals surface area contributed by atoms with E-state index in [2.05, 4.69) is 147 Å². The SMILES string of the molecule is CCCCC(CC)COc1ccccc1-c1c2nc(cc3ccc([nH]3)c(-c3ccccc3OCC(CC)CCCC)c3nc(cc4ccc1[nH]4)C=C3)C=C2. The lowest BCUT2D eigenvalue weighted by Crippen LogP contribution is -2.11. The summed E-state index contributed by atoms with van der Waals surface area (Å²) in [5.74, 6) is 2.81. The van der Waals surface area contributed by atoms with Gasteiger partial charge in [0.15, 0.2) is 0 Å². The Labute approximate surface area is 320 Å². The molecule has 54 heavy (non-hydrogen) atoms. The van der Waals surface area contributed by atoms with Crippen molar-refractivity contribution in [2.75, 3.05) is 13.2 Å². The zero-order valence-corrected chi connectivity index (χ0v) is 32.3. The van der Waals surface area contributed by atoms with Crippen LogP contribution in [-0.4, -0.2) is 33.1 Å². The Morgan fingerprint density at radius 3 is 1.41 bits per heavy atom. The monoisotopic (exact) mass is 718 g/mol. The quantitative estimate of drug-likeness (QED) is 0.104. The van der Waals surface area contributed by atoms with Gasteiger partial charge in [-0.2, -0.15) is 0 Å². The van der Waals surface area contributed by atoms with Gasteiger partial charge in [0.2, 0.25) is 0 Å². The van der Waals surface area contributed by atoms with Gasteiger partial charge in [-0.15, -0.1) is 0 Å². The fourth-order valence-electron chi connectivity index (χ4n) is 7.45. The molecule has 2 aromatic carbocycles. The first-order chi connectivity index (χ1) is 26.6. The molecule has 0 fully saturated rings. The Hall–Kier alpha value is -5.36. The van der Waals surface area contributed by atoms with Gasteiger partial charge in [0.05, 0.1) is 36.0 Å². The van der Waals surface area contributed by atoms with Gasteiger partial charge in [-0.3, -0.25) is 0 Å². The van der Waals surface area contributed by atoms with Crippen molar-refractivity contribution < 1.29 is 9.47 Å². The molecule has 2 N–H and O–H groups in total. The van der Waals surface area contributed by atoms with Gasteiger partial charge in [-0.25, -0.2) is 9.97 Å². The van der Waals surface area contributed by atoms with Crippen LogP contribution in [0.3, 0.4) is 0 Å². The molecule has 278 valence electrons. The fraction of sp³-hybridized carbons (Fsp3) is 0.333. The molecule has 0 spiro atoms. The minimum atomic E-state index is 0.528. The maximum atomic E-state index is 6.61. The lowest BCUT2D eigenvalue weighted by atomic mass is 10.00. The van der Waals surface area contributed by atoms with Crippen molar-refractivity contribution in [3.05, 3.63) is 108 Å². The van der Waals surface area contributed by atoms with Crippen LogP contribution in [0.2, 0.25) is 0 Å². The number of nitrogens with zero attached hydrogens (tertiary/aromatic N) is 2. The van der Waals surface area contributed by atoms with Crippen molar-refractivity contribution in [1.29, 1.82) is 0 Å². The number of unbranched alkanes of at least 4 members (excludes halogenated alkanes) is 2. The van der Waals surface area contributed by atoms with Gasteiger partial charge >= 0.3 is 0 Å². The molecule has 8 bridgehead atoms. The van der Waals surface area contributed by atoms with Gasteiger partial charge in [0.25, 0.3) is 0 Å². The Kier molecular flexibility index (Phi) is 12.1. The summed E-state index contributed by atoms with van der Waals surface area (Å²) in [4.78, 5) is 17.8. The van der Waals surface area contributed by atoms with Gasteiger partial charge in [0, 0.05) is 44.3 Å². The van der Waals surface area contributed by atoms with E-state index in [1.165, 1.54) is 38.5 Å². The summed E-state index contributed by atoms with van der Waals surface area (Å²) >= 11 is 0. The van der Waals surface area contributed by atoms with Crippen LogP contribution in [0.25, 0.3) is 68.6 Å². The van der Waals surface area contributed by atoms with Crippen molar-refractivity contribution in [2.24, 2.45) is 11.8 Å². The van der Waals surface area contributed by atoms with Crippen LogP contribution in [0.15, 0.2) is 84.9 Å². The number of aromatic nitrogens is 4. The van der Waals surface area contributed by atoms with Crippen LogP contribution in [0, 0.1) is 11.8 Å². The zero-order chi connectivity index (χ0) is 37.3. The van der Waals surface area contributed by atoms with Crippen LogP contribution in [0.1, 0.15) is 102 Å². The molecule has 0 amide bonds. The third-order valence-corrected chi connectivity index (χ3v) is 10.7. The summed E-state index contributed by atoms with van der Waals surface area (Å²) in [6, 6.07) is 29.5. The van der Waals surface area contributed by atoms with E-state index in [1.54, 1.807) is 0 Å². The molecule has 3 aromatic heterocycles. The number of hydrogen-bond donors (Lipinski definition) is 2. The van der Waals surface area contributed by atoms with E-state index in [9.17, 15) is 0 Å². The molecule has 5 heterocycles. The van der Waals surface area contributed by atoms with Crippen molar-refractivity contribution in [3.8, 4) is 33.8 Å². The maximum absolute atomic E-state index is 6.61. The van der Waals surface area contributed by atoms with Gasteiger partial charge in [0.1, 0.15) is 11.5 Å². The predicted molar refractivity (Wildman–Crippen MR) is 227 cm³/mol. The summed E-state index contributed by atoms with van der Waals surface area (Å²) in [5, 5.41) is 0. The molecule has 2 aliphatic heterocycles. The molecule has 6 nitrogen and oxygen atoms in total. The van der Waals surface area contributed by atoms with E-state index in [0.717, 1.165) is 91.4 Å². The van der Waals surface area contributed by atoms with Gasteiger partial charge in [-0.1, -0.05) is 103 Å². The Bertz CT molecular complexity index is 2120. The first-order valence-electron chi connectivity index (χ1n) is 20.1. The van der Waals surface area contributed by atoms with Crippen LogP contribution in [-0.2, 0) is 0 Å². The molecule has 0 radical (unpaired) electrons. The second-order valence-electron chi connectivity index (χ2n) is 14.7. The highest BCUT2D eigenvalue weighted by Crippen LogP contribution is 2.38. The number of nitrogens with one attached hydrogen (secondary N) is 2. The number of ether oxygens (including phenoxy) is 2. The predicted octanol–water partition coefficient (Wildman–Crippen LogP) is 13.2. The number of benzene rings is 2. The summed E-state index contributed by atoms with van der Waals surface area (Å²) in [7, 11) is 0. The molecule has 6 heteroatoms. The normalized spacial score (nSPS) is 13.3. The number of fused-ring (bicyclic) bond motifs is 8. The second kappa shape index (κ2) is 17.6. The maximum Gasteiger partial charge on any atom is 0.127 e. The second-order valence-corrected chi connectivity index (χ2v) is 14.7. The third kappa shape index (κ3) is 8.54. The van der Waals surface area contributed by atoms with Crippen molar-refractivity contribution >= 4 is 46.4 Å². The van der Waals surface area contributed by atoms with Crippen molar-refractivity contribution in [3.63, 3.8) is 0 Å². The first-order valence-corrected chi connectivity index (χ1v) is 20.1. The van der Waals surface area contributed by atoms with E-state index in [1.807, 2.05) is 0 Å². The molecule has 2 atom stereocenters. The molecule has 5 aromatic rings. The van der Waals surface area contributed by atoms with Crippen molar-refractivity contribution in [2.45, 2.75) is 79.1 Å². The molecule has 7 rings (SSSR count). The summed E-state index contributed by atoms with van der Waals surface area (Å²) in [6.45, 7) is 10.4. The smallest absolute Gasteiger partial charge is 0.127 e. The molecule has 2 aliphatic rings.